The van der Waals surface area contributed by atoms with Crippen molar-refractivity contribution in [3.05, 3.63) is 29.3 Å². The summed E-state index contributed by atoms with van der Waals surface area (Å²) in [5, 5.41) is 6.68. The second-order valence-corrected chi connectivity index (χ2v) is 7.58. The van der Waals surface area contributed by atoms with Crippen molar-refractivity contribution in [1.82, 2.24) is 5.32 Å². The van der Waals surface area contributed by atoms with Crippen LogP contribution in [0, 0.1) is 13.8 Å². The van der Waals surface area contributed by atoms with E-state index in [1.807, 2.05) is 32.0 Å². The van der Waals surface area contributed by atoms with Gasteiger partial charge in [-0.25, -0.2) is 8.42 Å². The van der Waals surface area contributed by atoms with Gasteiger partial charge in [0.1, 0.15) is 0 Å². The number of nitrogens with one attached hydrogen (secondary N) is 2. The fraction of sp³-hybridized carbons (Fsp3) is 0.462. The molecule has 0 spiro atoms. The van der Waals surface area contributed by atoms with Gasteiger partial charge in [0, 0.05) is 11.7 Å². The molecule has 0 amide bonds. The Labute approximate surface area is 119 Å². The Morgan fingerprint density at radius 3 is 2.74 bits per heavy atom. The smallest absolute Gasteiger partial charge is 0.171 e. The average Bonchev–Trinajstić information content (AvgIpc) is 2.64. The SMILES string of the molecule is Cc1cccc(NC(=S)N[C@H]2CCS(=O)(=O)C2)c1C. The molecule has 1 saturated heterocycles. The predicted molar refractivity (Wildman–Crippen MR) is 82.3 cm³/mol. The molecule has 104 valence electrons. The van der Waals surface area contributed by atoms with Crippen LogP contribution in [0.5, 0.6) is 0 Å². The van der Waals surface area contributed by atoms with E-state index >= 15 is 0 Å². The normalized spacial score (nSPS) is 21.1. The highest BCUT2D eigenvalue weighted by Gasteiger charge is 2.28. The molecule has 1 fully saturated rings. The second kappa shape index (κ2) is 5.46. The summed E-state index contributed by atoms with van der Waals surface area (Å²) in [6.07, 6.45) is 0.622. The van der Waals surface area contributed by atoms with Crippen LogP contribution in [0.3, 0.4) is 0 Å². The van der Waals surface area contributed by atoms with Crippen molar-refractivity contribution in [2.45, 2.75) is 26.3 Å². The summed E-state index contributed by atoms with van der Waals surface area (Å²) in [7, 11) is -2.88. The second-order valence-electron chi connectivity index (χ2n) is 4.95. The van der Waals surface area contributed by atoms with Gasteiger partial charge in [-0.05, 0) is 49.7 Å². The number of sulfone groups is 1. The lowest BCUT2D eigenvalue weighted by Gasteiger charge is -2.16. The van der Waals surface area contributed by atoms with Crippen molar-refractivity contribution >= 4 is 32.9 Å². The van der Waals surface area contributed by atoms with E-state index in [1.54, 1.807) is 0 Å². The quantitative estimate of drug-likeness (QED) is 0.815. The van der Waals surface area contributed by atoms with Crippen LogP contribution in [-0.4, -0.2) is 31.1 Å². The minimum atomic E-state index is -2.88. The lowest BCUT2D eigenvalue weighted by atomic mass is 10.1. The van der Waals surface area contributed by atoms with Crippen LogP contribution in [-0.2, 0) is 9.84 Å². The number of hydrogen-bond donors (Lipinski definition) is 2. The first-order valence-corrected chi connectivity index (χ1v) is 8.44. The van der Waals surface area contributed by atoms with E-state index in [-0.39, 0.29) is 17.5 Å². The van der Waals surface area contributed by atoms with Gasteiger partial charge in [0.05, 0.1) is 11.5 Å². The molecule has 1 aliphatic rings. The van der Waals surface area contributed by atoms with Gasteiger partial charge in [0.25, 0.3) is 0 Å². The number of benzene rings is 1. The number of hydrogen-bond acceptors (Lipinski definition) is 3. The minimum Gasteiger partial charge on any atom is -0.359 e. The Hall–Kier alpha value is -1.14. The molecule has 1 aliphatic heterocycles. The van der Waals surface area contributed by atoms with Gasteiger partial charge in [0.15, 0.2) is 14.9 Å². The van der Waals surface area contributed by atoms with Crippen LogP contribution in [0.4, 0.5) is 5.69 Å². The molecule has 2 N–H and O–H groups in total. The van der Waals surface area contributed by atoms with Crippen molar-refractivity contribution < 1.29 is 8.42 Å². The van der Waals surface area contributed by atoms with Gasteiger partial charge >= 0.3 is 0 Å². The van der Waals surface area contributed by atoms with Gasteiger partial charge in [-0.1, -0.05) is 12.1 Å². The number of aryl methyl sites for hydroxylation is 1. The van der Waals surface area contributed by atoms with Gasteiger partial charge in [-0.15, -0.1) is 0 Å². The molecule has 0 radical (unpaired) electrons. The molecule has 2 rings (SSSR count). The molecule has 0 bridgehead atoms. The highest BCUT2D eigenvalue weighted by atomic mass is 32.2. The first-order valence-electron chi connectivity index (χ1n) is 6.21. The largest absolute Gasteiger partial charge is 0.359 e. The van der Waals surface area contributed by atoms with Crippen molar-refractivity contribution in [3.63, 3.8) is 0 Å². The van der Waals surface area contributed by atoms with Crippen LogP contribution in [0.2, 0.25) is 0 Å². The Bertz CT molecular complexity index is 597. The maximum absolute atomic E-state index is 11.4. The van der Waals surface area contributed by atoms with Crippen molar-refractivity contribution in [2.24, 2.45) is 0 Å². The maximum atomic E-state index is 11.4. The van der Waals surface area contributed by atoms with E-state index in [1.165, 1.54) is 5.56 Å². The Kier molecular flexibility index (Phi) is 4.10. The summed E-state index contributed by atoms with van der Waals surface area (Å²) in [5.74, 6) is 0.415. The van der Waals surface area contributed by atoms with E-state index in [9.17, 15) is 8.42 Å². The standard InChI is InChI=1S/C13H18N2O2S2/c1-9-4-3-5-12(10(9)2)15-13(18)14-11-6-7-19(16,17)8-11/h3-5,11H,6-8H2,1-2H3,(H2,14,15,18)/t11-/m0/s1. The van der Waals surface area contributed by atoms with Crippen LogP contribution in [0.15, 0.2) is 18.2 Å². The first kappa shape index (κ1) is 14.3. The van der Waals surface area contributed by atoms with Gasteiger partial charge in [0.2, 0.25) is 0 Å². The third-order valence-electron chi connectivity index (χ3n) is 3.42. The molecule has 1 atom stereocenters. The molecule has 19 heavy (non-hydrogen) atoms. The van der Waals surface area contributed by atoms with E-state index in [0.717, 1.165) is 11.3 Å². The highest BCUT2D eigenvalue weighted by Crippen LogP contribution is 2.18. The zero-order chi connectivity index (χ0) is 14.0. The van der Waals surface area contributed by atoms with Crippen LogP contribution >= 0.6 is 12.2 Å². The Morgan fingerprint density at radius 1 is 1.37 bits per heavy atom. The molecule has 4 nitrogen and oxygen atoms in total. The van der Waals surface area contributed by atoms with Crippen molar-refractivity contribution in [3.8, 4) is 0 Å². The molecular formula is C13H18N2O2S2. The van der Waals surface area contributed by atoms with Crippen molar-refractivity contribution in [1.29, 1.82) is 0 Å². The summed E-state index contributed by atoms with van der Waals surface area (Å²) < 4.78 is 22.8. The molecule has 1 heterocycles. The predicted octanol–water partition coefficient (Wildman–Crippen LogP) is 1.78. The molecule has 0 aromatic heterocycles. The molecule has 0 aliphatic carbocycles. The minimum absolute atomic E-state index is 0.0740. The summed E-state index contributed by atoms with van der Waals surface area (Å²) in [5.41, 5.74) is 3.29. The summed E-state index contributed by atoms with van der Waals surface area (Å²) in [6, 6.07) is 5.89. The zero-order valence-corrected chi connectivity index (χ0v) is 12.7. The fourth-order valence-corrected chi connectivity index (χ4v) is 4.09. The lowest BCUT2D eigenvalue weighted by molar-refractivity contribution is 0.600. The summed E-state index contributed by atoms with van der Waals surface area (Å²) in [6.45, 7) is 4.07. The molecule has 1 aromatic carbocycles. The van der Waals surface area contributed by atoms with E-state index in [4.69, 9.17) is 12.2 Å². The molecule has 1 aromatic rings. The molecular weight excluding hydrogens is 280 g/mol. The van der Waals surface area contributed by atoms with Crippen LogP contribution in [0.1, 0.15) is 17.5 Å². The molecule has 0 unspecified atom stereocenters. The maximum Gasteiger partial charge on any atom is 0.171 e. The Balaban J connectivity index is 1.97. The number of rotatable bonds is 2. The van der Waals surface area contributed by atoms with Crippen molar-refractivity contribution in [2.75, 3.05) is 16.8 Å². The molecule has 0 saturated carbocycles. The number of thiocarbonyl (C=S) groups is 1. The topological polar surface area (TPSA) is 58.2 Å². The van der Waals surface area contributed by atoms with Gasteiger partial charge in [-0.2, -0.15) is 0 Å². The highest BCUT2D eigenvalue weighted by molar-refractivity contribution is 7.91. The van der Waals surface area contributed by atoms with Gasteiger partial charge in [-0.3, -0.25) is 0 Å². The monoisotopic (exact) mass is 298 g/mol. The van der Waals surface area contributed by atoms with E-state index in [0.29, 0.717) is 11.5 Å². The third-order valence-corrected chi connectivity index (χ3v) is 5.41. The van der Waals surface area contributed by atoms with E-state index < -0.39 is 9.84 Å². The number of anilines is 1. The van der Waals surface area contributed by atoms with Crippen LogP contribution < -0.4 is 10.6 Å². The summed E-state index contributed by atoms with van der Waals surface area (Å²) in [4.78, 5) is 0. The van der Waals surface area contributed by atoms with Gasteiger partial charge < -0.3 is 10.6 Å². The fourth-order valence-electron chi connectivity index (χ4n) is 2.14. The van der Waals surface area contributed by atoms with Crippen LogP contribution in [0.25, 0.3) is 0 Å². The first-order chi connectivity index (χ1) is 8.87. The lowest BCUT2D eigenvalue weighted by Crippen LogP contribution is -2.38. The molecule has 6 heteroatoms. The summed E-state index contributed by atoms with van der Waals surface area (Å²) >= 11 is 5.23. The zero-order valence-electron chi connectivity index (χ0n) is 11.1. The average molecular weight is 298 g/mol. The Morgan fingerprint density at radius 2 is 2.11 bits per heavy atom. The third kappa shape index (κ3) is 3.67. The van der Waals surface area contributed by atoms with E-state index in [2.05, 4.69) is 10.6 Å².